The van der Waals surface area contributed by atoms with Crippen molar-refractivity contribution >= 4 is 5.91 Å². The maximum absolute atomic E-state index is 12.0. The van der Waals surface area contributed by atoms with Crippen molar-refractivity contribution in [2.24, 2.45) is 11.8 Å². The molecule has 0 radical (unpaired) electrons. The summed E-state index contributed by atoms with van der Waals surface area (Å²) >= 11 is 0. The summed E-state index contributed by atoms with van der Waals surface area (Å²) in [5.41, 5.74) is 1.31. The molecular formula is C16H26N2O2. The highest BCUT2D eigenvalue weighted by Gasteiger charge is 2.30. The molecule has 1 amide bonds. The van der Waals surface area contributed by atoms with Crippen LogP contribution in [0.2, 0.25) is 0 Å². The van der Waals surface area contributed by atoms with Crippen molar-refractivity contribution in [2.75, 3.05) is 26.2 Å². The number of fused-ring (bicyclic) bond motifs is 3. The summed E-state index contributed by atoms with van der Waals surface area (Å²) in [7, 11) is 0. The van der Waals surface area contributed by atoms with E-state index in [9.17, 15) is 9.90 Å². The van der Waals surface area contributed by atoms with Gasteiger partial charge in [0.25, 0.3) is 0 Å². The van der Waals surface area contributed by atoms with E-state index < -0.39 is 0 Å². The second-order valence-corrected chi connectivity index (χ2v) is 6.63. The Morgan fingerprint density at radius 2 is 2.00 bits per heavy atom. The zero-order chi connectivity index (χ0) is 13.9. The van der Waals surface area contributed by atoms with E-state index in [2.05, 4.69) is 10.2 Å². The van der Waals surface area contributed by atoms with Gasteiger partial charge in [0.2, 0.25) is 5.91 Å². The van der Waals surface area contributed by atoms with Crippen molar-refractivity contribution < 1.29 is 9.90 Å². The van der Waals surface area contributed by atoms with E-state index in [-0.39, 0.29) is 17.9 Å². The number of rotatable bonds is 3. The molecule has 3 heterocycles. The number of aliphatic hydroxyl groups excluding tert-OH is 1. The zero-order valence-corrected chi connectivity index (χ0v) is 12.2. The Kier molecular flexibility index (Phi) is 4.41. The number of hydrogen-bond acceptors (Lipinski definition) is 3. The number of carbonyl (C=O) groups excluding carboxylic acids is 1. The Labute approximate surface area is 121 Å². The van der Waals surface area contributed by atoms with Gasteiger partial charge in [-0.3, -0.25) is 9.69 Å². The maximum Gasteiger partial charge on any atom is 0.244 e. The Morgan fingerprint density at radius 1 is 1.25 bits per heavy atom. The summed E-state index contributed by atoms with van der Waals surface area (Å²) < 4.78 is 0. The van der Waals surface area contributed by atoms with Gasteiger partial charge in [0.1, 0.15) is 0 Å². The van der Waals surface area contributed by atoms with E-state index >= 15 is 0 Å². The molecule has 4 heteroatoms. The lowest BCUT2D eigenvalue weighted by Gasteiger charge is -2.41. The third-order valence-corrected chi connectivity index (χ3v) is 5.24. The first-order valence-corrected chi connectivity index (χ1v) is 8.11. The molecule has 0 spiro atoms. The molecule has 4 rings (SSSR count). The second kappa shape index (κ2) is 6.27. The van der Waals surface area contributed by atoms with Crippen molar-refractivity contribution in [1.29, 1.82) is 0 Å². The Morgan fingerprint density at radius 3 is 2.65 bits per heavy atom. The van der Waals surface area contributed by atoms with Gasteiger partial charge in [-0.2, -0.15) is 0 Å². The van der Waals surface area contributed by atoms with Crippen LogP contribution in [0, 0.1) is 11.8 Å². The maximum atomic E-state index is 12.0. The van der Waals surface area contributed by atoms with Crippen molar-refractivity contribution in [3.05, 3.63) is 11.6 Å². The van der Waals surface area contributed by atoms with Gasteiger partial charge >= 0.3 is 0 Å². The largest absolute Gasteiger partial charge is 0.393 e. The van der Waals surface area contributed by atoms with Crippen LogP contribution in [0.4, 0.5) is 0 Å². The highest BCUT2D eigenvalue weighted by Crippen LogP contribution is 2.31. The van der Waals surface area contributed by atoms with Gasteiger partial charge in [-0.25, -0.2) is 0 Å². The molecule has 1 aliphatic carbocycles. The number of hydrogen-bond donors (Lipinski definition) is 2. The molecule has 0 aromatic rings. The summed E-state index contributed by atoms with van der Waals surface area (Å²) in [6.45, 7) is 3.98. The van der Waals surface area contributed by atoms with Gasteiger partial charge in [0, 0.05) is 25.1 Å². The monoisotopic (exact) mass is 278 g/mol. The van der Waals surface area contributed by atoms with E-state index in [0.29, 0.717) is 12.5 Å². The summed E-state index contributed by atoms with van der Waals surface area (Å²) in [5, 5.41) is 12.9. The van der Waals surface area contributed by atoms with Crippen LogP contribution >= 0.6 is 0 Å². The fourth-order valence-corrected chi connectivity index (χ4v) is 3.89. The molecule has 2 atom stereocenters. The molecule has 4 fully saturated rings. The van der Waals surface area contributed by atoms with Gasteiger partial charge in [-0.15, -0.1) is 0 Å². The van der Waals surface area contributed by atoms with Crippen molar-refractivity contribution in [3.63, 3.8) is 0 Å². The van der Waals surface area contributed by atoms with Crippen LogP contribution in [0.3, 0.4) is 0 Å². The lowest BCUT2D eigenvalue weighted by atomic mass is 9.83. The average molecular weight is 278 g/mol. The Balaban J connectivity index is 1.49. The van der Waals surface area contributed by atoms with Gasteiger partial charge in [-0.1, -0.05) is 12.8 Å². The first-order chi connectivity index (χ1) is 9.72. The molecule has 0 aromatic carbocycles. The quantitative estimate of drug-likeness (QED) is 0.765. The molecule has 3 aliphatic heterocycles. The number of carbonyl (C=O) groups is 1. The summed E-state index contributed by atoms with van der Waals surface area (Å²) in [4.78, 5) is 14.5. The smallest absolute Gasteiger partial charge is 0.244 e. The third-order valence-electron chi connectivity index (χ3n) is 5.24. The van der Waals surface area contributed by atoms with Crippen molar-refractivity contribution in [3.8, 4) is 0 Å². The highest BCUT2D eigenvalue weighted by atomic mass is 16.3. The lowest BCUT2D eigenvalue weighted by molar-refractivity contribution is -0.117. The summed E-state index contributed by atoms with van der Waals surface area (Å²) in [5.74, 6) is 0.912. The third kappa shape index (κ3) is 3.23. The van der Waals surface area contributed by atoms with Gasteiger partial charge in [0.15, 0.2) is 0 Å². The molecule has 2 unspecified atom stereocenters. The molecule has 20 heavy (non-hydrogen) atoms. The normalized spacial score (nSPS) is 39.0. The fraction of sp³-hybridized carbons (Fsp3) is 0.812. The second-order valence-electron chi connectivity index (χ2n) is 6.63. The van der Waals surface area contributed by atoms with Crippen LogP contribution in [-0.2, 0) is 4.79 Å². The first-order valence-electron chi connectivity index (χ1n) is 8.11. The lowest BCUT2D eigenvalue weighted by Crippen LogP contribution is -2.43. The SMILES string of the molecule is O=C(/C=C1/CN2CCC1CC2)NCC1CCCCC1O. The first kappa shape index (κ1) is 14.1. The van der Waals surface area contributed by atoms with Gasteiger partial charge in [-0.05, 0) is 50.3 Å². The molecule has 2 N–H and O–H groups in total. The van der Waals surface area contributed by atoms with Crippen LogP contribution in [0.1, 0.15) is 38.5 Å². The van der Waals surface area contributed by atoms with Crippen molar-refractivity contribution in [1.82, 2.24) is 10.2 Å². The van der Waals surface area contributed by atoms with E-state index in [1.807, 2.05) is 6.08 Å². The summed E-state index contributed by atoms with van der Waals surface area (Å²) in [6.07, 6.45) is 8.23. The molecule has 4 nitrogen and oxygen atoms in total. The van der Waals surface area contributed by atoms with E-state index in [0.717, 1.165) is 25.8 Å². The minimum absolute atomic E-state index is 0.0338. The van der Waals surface area contributed by atoms with Crippen LogP contribution in [-0.4, -0.2) is 48.2 Å². The predicted octanol–water partition coefficient (Wildman–Crippen LogP) is 1.31. The van der Waals surface area contributed by atoms with Gasteiger partial charge < -0.3 is 10.4 Å². The van der Waals surface area contributed by atoms with Crippen LogP contribution in [0.25, 0.3) is 0 Å². The number of piperidine rings is 3. The fourth-order valence-electron chi connectivity index (χ4n) is 3.89. The van der Waals surface area contributed by atoms with Crippen LogP contribution < -0.4 is 5.32 Å². The minimum atomic E-state index is -0.228. The molecule has 4 aliphatic rings. The number of nitrogens with zero attached hydrogens (tertiary/aromatic N) is 1. The molecule has 2 bridgehead atoms. The standard InChI is InChI=1S/C16H26N2O2/c19-15-4-2-1-3-13(15)10-17-16(20)9-14-11-18-7-5-12(14)6-8-18/h9,12-13,15,19H,1-8,10-11H2,(H,17,20)/b14-9-. The van der Waals surface area contributed by atoms with Gasteiger partial charge in [0.05, 0.1) is 6.10 Å². The predicted molar refractivity (Wildman–Crippen MR) is 78.2 cm³/mol. The molecule has 1 saturated carbocycles. The molecule has 3 saturated heterocycles. The molecule has 112 valence electrons. The minimum Gasteiger partial charge on any atom is -0.393 e. The molecular weight excluding hydrogens is 252 g/mol. The topological polar surface area (TPSA) is 52.6 Å². The zero-order valence-electron chi connectivity index (χ0n) is 12.2. The van der Waals surface area contributed by atoms with E-state index in [1.54, 1.807) is 0 Å². The number of nitrogens with one attached hydrogen (secondary N) is 1. The number of aliphatic hydroxyl groups is 1. The van der Waals surface area contributed by atoms with E-state index in [1.165, 1.54) is 37.9 Å². The Hall–Kier alpha value is -0.870. The highest BCUT2D eigenvalue weighted by molar-refractivity contribution is 5.88. The van der Waals surface area contributed by atoms with Crippen molar-refractivity contribution in [2.45, 2.75) is 44.6 Å². The Bertz CT molecular complexity index is 386. The van der Waals surface area contributed by atoms with Crippen LogP contribution in [0.15, 0.2) is 11.6 Å². The van der Waals surface area contributed by atoms with Crippen LogP contribution in [0.5, 0.6) is 0 Å². The average Bonchev–Trinajstić information content (AvgIpc) is 2.48. The molecule has 0 aromatic heterocycles. The number of amides is 1. The van der Waals surface area contributed by atoms with E-state index in [4.69, 9.17) is 0 Å². The summed E-state index contributed by atoms with van der Waals surface area (Å²) in [6, 6.07) is 0.